The van der Waals surface area contributed by atoms with Crippen LogP contribution in [-0.4, -0.2) is 56.5 Å². The average molecular weight is 426 g/mol. The third-order valence-electron chi connectivity index (χ3n) is 6.10. The zero-order valence-electron chi connectivity index (χ0n) is 19.4. The van der Waals surface area contributed by atoms with Gasteiger partial charge in [-0.2, -0.15) is 0 Å². The number of fused-ring (bicyclic) bond motifs is 1. The lowest BCUT2D eigenvalue weighted by Gasteiger charge is -2.32. The van der Waals surface area contributed by atoms with E-state index in [0.29, 0.717) is 19.6 Å². The molecule has 3 heterocycles. The predicted molar refractivity (Wildman–Crippen MR) is 118 cm³/mol. The second kappa shape index (κ2) is 7.34. The quantitative estimate of drug-likeness (QED) is 0.688. The number of aromatic nitrogens is 3. The van der Waals surface area contributed by atoms with Crippen LogP contribution in [0, 0.1) is 0 Å². The summed E-state index contributed by atoms with van der Waals surface area (Å²) in [6.45, 7) is 15.3. The van der Waals surface area contributed by atoms with E-state index in [1.165, 1.54) is 0 Å². The molecule has 0 unspecified atom stereocenters. The van der Waals surface area contributed by atoms with Crippen LogP contribution in [0.3, 0.4) is 0 Å². The van der Waals surface area contributed by atoms with Crippen LogP contribution in [0.4, 0.5) is 4.79 Å². The molecule has 1 fully saturated rings. The van der Waals surface area contributed by atoms with Crippen molar-refractivity contribution in [2.75, 3.05) is 6.54 Å². The van der Waals surface area contributed by atoms with Crippen LogP contribution in [-0.2, 0) is 27.1 Å². The van der Waals surface area contributed by atoms with E-state index in [0.717, 1.165) is 22.4 Å². The van der Waals surface area contributed by atoms with Gasteiger partial charge < -0.3 is 18.9 Å². The van der Waals surface area contributed by atoms with Gasteiger partial charge in [0.15, 0.2) is 0 Å². The Morgan fingerprint density at radius 3 is 2.45 bits per heavy atom. The Bertz CT molecular complexity index is 980. The Kier molecular flexibility index (Phi) is 5.17. The van der Waals surface area contributed by atoms with Gasteiger partial charge in [0.25, 0.3) is 0 Å². The van der Waals surface area contributed by atoms with Crippen molar-refractivity contribution in [3.05, 3.63) is 30.0 Å². The van der Waals surface area contributed by atoms with Crippen molar-refractivity contribution in [3.63, 3.8) is 0 Å². The summed E-state index contributed by atoms with van der Waals surface area (Å²) in [5, 5.41) is 8.71. The summed E-state index contributed by atoms with van der Waals surface area (Å²) in [5.74, 6) is 0. The van der Waals surface area contributed by atoms with Gasteiger partial charge in [-0.3, -0.25) is 0 Å². The molecule has 0 saturated carbocycles. The fraction of sp³-hybridized carbons (Fsp3) is 0.591. The number of carbonyl (C=O) groups excluding carboxylic acids is 1. The highest BCUT2D eigenvalue weighted by Crippen LogP contribution is 2.36. The third kappa shape index (κ3) is 4.21. The summed E-state index contributed by atoms with van der Waals surface area (Å²) < 4.78 is 19.8. The van der Waals surface area contributed by atoms with Crippen LogP contribution in [0.25, 0.3) is 11.3 Å². The van der Waals surface area contributed by atoms with Crippen LogP contribution in [0.5, 0.6) is 0 Å². The van der Waals surface area contributed by atoms with Crippen LogP contribution < -0.4 is 5.46 Å². The van der Waals surface area contributed by atoms with Gasteiger partial charge in [0.2, 0.25) is 0 Å². The summed E-state index contributed by atoms with van der Waals surface area (Å²) >= 11 is 0. The molecular formula is C22H31BN4O4. The minimum Gasteiger partial charge on any atom is -0.444 e. The van der Waals surface area contributed by atoms with Crippen LogP contribution >= 0.6 is 0 Å². The monoisotopic (exact) mass is 426 g/mol. The fourth-order valence-corrected chi connectivity index (χ4v) is 3.66. The second-order valence-corrected chi connectivity index (χ2v) is 10.2. The first kappa shape index (κ1) is 21.8. The molecule has 1 amide bonds. The van der Waals surface area contributed by atoms with E-state index in [2.05, 4.69) is 10.3 Å². The minimum atomic E-state index is -0.535. The SMILES string of the molecule is CC(C)(C)OC(=O)N1CCn2nnc(-c3cccc(B4OC(C)(C)C(C)(C)O4)c3)c2C1. The number of carbonyl (C=O) groups is 1. The number of amides is 1. The molecule has 166 valence electrons. The number of hydrogen-bond acceptors (Lipinski definition) is 6. The summed E-state index contributed by atoms with van der Waals surface area (Å²) in [5.41, 5.74) is 2.15. The number of rotatable bonds is 2. The molecule has 0 radical (unpaired) electrons. The smallest absolute Gasteiger partial charge is 0.444 e. The van der Waals surface area contributed by atoms with Crippen molar-refractivity contribution in [2.24, 2.45) is 0 Å². The van der Waals surface area contributed by atoms with Gasteiger partial charge in [-0.15, -0.1) is 5.10 Å². The Hall–Kier alpha value is -2.39. The van der Waals surface area contributed by atoms with Crippen molar-refractivity contribution in [3.8, 4) is 11.3 Å². The first-order chi connectivity index (χ1) is 14.4. The van der Waals surface area contributed by atoms with Gasteiger partial charge >= 0.3 is 13.2 Å². The Morgan fingerprint density at radius 2 is 1.81 bits per heavy atom. The normalized spacial score (nSPS) is 20.0. The molecule has 0 N–H and O–H groups in total. The van der Waals surface area contributed by atoms with E-state index >= 15 is 0 Å². The largest absolute Gasteiger partial charge is 0.494 e. The Morgan fingerprint density at radius 1 is 1.13 bits per heavy atom. The zero-order chi connectivity index (χ0) is 22.6. The molecule has 1 aromatic heterocycles. The van der Waals surface area contributed by atoms with Gasteiger partial charge in [-0.25, -0.2) is 9.48 Å². The molecular weight excluding hydrogens is 395 g/mol. The number of benzene rings is 1. The van der Waals surface area contributed by atoms with Crippen molar-refractivity contribution < 1.29 is 18.8 Å². The molecule has 0 atom stereocenters. The van der Waals surface area contributed by atoms with E-state index in [9.17, 15) is 4.79 Å². The molecule has 0 aliphatic carbocycles. The maximum atomic E-state index is 12.6. The molecule has 2 aliphatic rings. The molecule has 9 heteroatoms. The van der Waals surface area contributed by atoms with E-state index in [1.807, 2.05) is 77.4 Å². The summed E-state index contributed by atoms with van der Waals surface area (Å²) in [4.78, 5) is 14.3. The van der Waals surface area contributed by atoms with Crippen LogP contribution in [0.1, 0.15) is 54.2 Å². The Balaban J connectivity index is 1.59. The van der Waals surface area contributed by atoms with Crippen molar-refractivity contribution in [2.45, 2.75) is 78.4 Å². The zero-order valence-corrected chi connectivity index (χ0v) is 19.4. The highest BCUT2D eigenvalue weighted by molar-refractivity contribution is 6.62. The molecule has 1 aromatic carbocycles. The molecule has 0 bridgehead atoms. The lowest BCUT2D eigenvalue weighted by atomic mass is 9.78. The van der Waals surface area contributed by atoms with Crippen molar-refractivity contribution in [1.29, 1.82) is 0 Å². The molecule has 31 heavy (non-hydrogen) atoms. The minimum absolute atomic E-state index is 0.322. The highest BCUT2D eigenvalue weighted by atomic mass is 16.7. The average Bonchev–Trinajstić information content (AvgIpc) is 3.17. The van der Waals surface area contributed by atoms with E-state index in [-0.39, 0.29) is 6.09 Å². The second-order valence-electron chi connectivity index (χ2n) is 10.2. The summed E-state index contributed by atoms with van der Waals surface area (Å²) in [7, 11) is -0.449. The number of ether oxygens (including phenoxy) is 1. The Labute approximate surface area is 184 Å². The number of nitrogens with zero attached hydrogens (tertiary/aromatic N) is 4. The van der Waals surface area contributed by atoms with E-state index in [4.69, 9.17) is 14.0 Å². The lowest BCUT2D eigenvalue weighted by molar-refractivity contribution is 0.00578. The lowest BCUT2D eigenvalue weighted by Crippen LogP contribution is -2.41. The van der Waals surface area contributed by atoms with E-state index < -0.39 is 23.9 Å². The van der Waals surface area contributed by atoms with Gasteiger partial charge in [0.05, 0.1) is 30.0 Å². The summed E-state index contributed by atoms with van der Waals surface area (Å²) in [6, 6.07) is 7.98. The molecule has 2 aliphatic heterocycles. The first-order valence-electron chi connectivity index (χ1n) is 10.7. The predicted octanol–water partition coefficient (Wildman–Crippen LogP) is 3.00. The molecule has 1 saturated heterocycles. The van der Waals surface area contributed by atoms with Crippen molar-refractivity contribution in [1.82, 2.24) is 19.9 Å². The van der Waals surface area contributed by atoms with Gasteiger partial charge in [-0.05, 0) is 53.9 Å². The molecule has 0 spiro atoms. The van der Waals surface area contributed by atoms with Gasteiger partial charge in [-0.1, -0.05) is 29.5 Å². The van der Waals surface area contributed by atoms with Crippen LogP contribution in [0.2, 0.25) is 0 Å². The topological polar surface area (TPSA) is 78.7 Å². The maximum absolute atomic E-state index is 12.6. The number of hydrogen-bond donors (Lipinski definition) is 0. The highest BCUT2D eigenvalue weighted by Gasteiger charge is 2.51. The fourth-order valence-electron chi connectivity index (χ4n) is 3.66. The summed E-state index contributed by atoms with van der Waals surface area (Å²) in [6.07, 6.45) is -0.322. The standard InChI is InChI=1S/C22H31BN4O4/c1-20(2,3)29-19(28)26-11-12-27-17(14-26)18(24-25-27)15-9-8-10-16(13-15)23-30-21(4,5)22(6,7)31-23/h8-10,13H,11-12,14H2,1-7H3. The van der Waals surface area contributed by atoms with E-state index in [1.54, 1.807) is 4.90 Å². The first-order valence-corrected chi connectivity index (χ1v) is 10.7. The van der Waals surface area contributed by atoms with Crippen molar-refractivity contribution >= 4 is 18.7 Å². The molecule has 4 rings (SSSR count). The van der Waals surface area contributed by atoms with Gasteiger partial charge in [0, 0.05) is 12.1 Å². The maximum Gasteiger partial charge on any atom is 0.494 e. The third-order valence-corrected chi connectivity index (χ3v) is 6.10. The van der Waals surface area contributed by atoms with Crippen LogP contribution in [0.15, 0.2) is 24.3 Å². The molecule has 8 nitrogen and oxygen atoms in total. The molecule has 2 aromatic rings. The van der Waals surface area contributed by atoms with Gasteiger partial charge in [0.1, 0.15) is 11.3 Å².